The standard InChI is InChI=1S/C15H24N2O2/c1-10(7-13(4)18)9-16-15(19)17-14-6-5-11(2)12(3)8-14/h5-6,8,10,13,18H,7,9H2,1-4H3,(H2,16,17,19). The van der Waals surface area contributed by atoms with Gasteiger partial charge in [-0.15, -0.1) is 0 Å². The number of aliphatic hydroxyl groups is 1. The zero-order valence-electron chi connectivity index (χ0n) is 12.2. The van der Waals surface area contributed by atoms with Crippen molar-refractivity contribution in [1.29, 1.82) is 0 Å². The molecule has 0 aliphatic carbocycles. The highest BCUT2D eigenvalue weighted by molar-refractivity contribution is 5.89. The van der Waals surface area contributed by atoms with Gasteiger partial charge in [0.2, 0.25) is 0 Å². The lowest BCUT2D eigenvalue weighted by molar-refractivity contribution is 0.163. The second-order valence-electron chi connectivity index (χ2n) is 5.32. The molecule has 0 spiro atoms. The molecule has 19 heavy (non-hydrogen) atoms. The molecule has 0 heterocycles. The summed E-state index contributed by atoms with van der Waals surface area (Å²) in [5.41, 5.74) is 3.15. The topological polar surface area (TPSA) is 61.4 Å². The van der Waals surface area contributed by atoms with Gasteiger partial charge in [-0.05, 0) is 56.4 Å². The normalized spacial score (nSPS) is 13.7. The molecule has 2 atom stereocenters. The van der Waals surface area contributed by atoms with Crippen molar-refractivity contribution in [2.24, 2.45) is 5.92 Å². The maximum atomic E-state index is 11.7. The Bertz CT molecular complexity index is 430. The minimum absolute atomic E-state index is 0.208. The number of rotatable bonds is 5. The summed E-state index contributed by atoms with van der Waals surface area (Å²) in [6.07, 6.45) is 0.351. The number of carbonyl (C=O) groups is 1. The van der Waals surface area contributed by atoms with Crippen LogP contribution in [0.5, 0.6) is 0 Å². The molecule has 0 saturated carbocycles. The van der Waals surface area contributed by atoms with Crippen molar-refractivity contribution in [2.75, 3.05) is 11.9 Å². The average Bonchev–Trinajstić information content (AvgIpc) is 2.30. The van der Waals surface area contributed by atoms with Crippen LogP contribution in [0.25, 0.3) is 0 Å². The summed E-state index contributed by atoms with van der Waals surface area (Å²) in [5.74, 6) is 0.255. The molecule has 1 aromatic rings. The minimum atomic E-state index is -0.334. The van der Waals surface area contributed by atoms with E-state index in [0.717, 1.165) is 11.3 Å². The van der Waals surface area contributed by atoms with Gasteiger partial charge in [0.25, 0.3) is 0 Å². The Morgan fingerprint density at radius 3 is 2.53 bits per heavy atom. The van der Waals surface area contributed by atoms with E-state index < -0.39 is 0 Å². The minimum Gasteiger partial charge on any atom is -0.393 e. The van der Waals surface area contributed by atoms with E-state index in [1.165, 1.54) is 5.56 Å². The van der Waals surface area contributed by atoms with Crippen molar-refractivity contribution in [2.45, 2.75) is 40.2 Å². The molecule has 2 amide bonds. The number of nitrogens with one attached hydrogen (secondary N) is 2. The number of urea groups is 1. The van der Waals surface area contributed by atoms with Crippen molar-refractivity contribution in [3.63, 3.8) is 0 Å². The van der Waals surface area contributed by atoms with Crippen molar-refractivity contribution >= 4 is 11.7 Å². The largest absolute Gasteiger partial charge is 0.393 e. The van der Waals surface area contributed by atoms with Crippen LogP contribution in [0, 0.1) is 19.8 Å². The first-order chi connectivity index (χ1) is 8.88. The van der Waals surface area contributed by atoms with Crippen LogP contribution in [0.3, 0.4) is 0 Å². The highest BCUT2D eigenvalue weighted by atomic mass is 16.3. The Hall–Kier alpha value is -1.55. The van der Waals surface area contributed by atoms with Gasteiger partial charge in [0.1, 0.15) is 0 Å². The van der Waals surface area contributed by atoms with Crippen LogP contribution < -0.4 is 10.6 Å². The van der Waals surface area contributed by atoms with Crippen LogP contribution >= 0.6 is 0 Å². The molecule has 4 heteroatoms. The third-order valence-electron chi connectivity index (χ3n) is 3.12. The zero-order chi connectivity index (χ0) is 14.4. The van der Waals surface area contributed by atoms with Crippen LogP contribution in [0.4, 0.5) is 10.5 Å². The summed E-state index contributed by atoms with van der Waals surface area (Å²) in [7, 11) is 0. The second-order valence-corrected chi connectivity index (χ2v) is 5.32. The van der Waals surface area contributed by atoms with E-state index in [1.807, 2.05) is 39.0 Å². The number of hydrogen-bond acceptors (Lipinski definition) is 2. The smallest absolute Gasteiger partial charge is 0.319 e. The summed E-state index contributed by atoms with van der Waals surface area (Å²) in [6, 6.07) is 5.62. The van der Waals surface area contributed by atoms with E-state index in [0.29, 0.717) is 13.0 Å². The SMILES string of the molecule is Cc1ccc(NC(=O)NCC(C)CC(C)O)cc1C. The molecule has 1 aromatic carbocycles. The fourth-order valence-electron chi connectivity index (χ4n) is 1.93. The summed E-state index contributed by atoms with van der Waals surface area (Å²) in [5, 5.41) is 14.9. The predicted octanol–water partition coefficient (Wildman–Crippen LogP) is 2.83. The van der Waals surface area contributed by atoms with Gasteiger partial charge in [-0.2, -0.15) is 0 Å². The third-order valence-corrected chi connectivity index (χ3v) is 3.12. The van der Waals surface area contributed by atoms with E-state index in [4.69, 9.17) is 0 Å². The molecule has 1 rings (SSSR count). The molecule has 3 N–H and O–H groups in total. The van der Waals surface area contributed by atoms with E-state index in [1.54, 1.807) is 6.92 Å². The van der Waals surface area contributed by atoms with E-state index in [2.05, 4.69) is 10.6 Å². The molecule has 0 saturated heterocycles. The quantitative estimate of drug-likeness (QED) is 0.766. The molecular weight excluding hydrogens is 240 g/mol. The first kappa shape index (κ1) is 15.5. The lowest BCUT2D eigenvalue weighted by Crippen LogP contribution is -2.33. The van der Waals surface area contributed by atoms with Gasteiger partial charge in [0.15, 0.2) is 0 Å². The van der Waals surface area contributed by atoms with Crippen LogP contribution in [0.15, 0.2) is 18.2 Å². The van der Waals surface area contributed by atoms with Gasteiger partial charge in [-0.1, -0.05) is 13.0 Å². The lowest BCUT2D eigenvalue weighted by atomic mass is 10.1. The average molecular weight is 264 g/mol. The van der Waals surface area contributed by atoms with Gasteiger partial charge in [-0.3, -0.25) is 0 Å². The van der Waals surface area contributed by atoms with E-state index in [-0.39, 0.29) is 18.1 Å². The second kappa shape index (κ2) is 7.14. The number of amides is 2. The fraction of sp³-hybridized carbons (Fsp3) is 0.533. The van der Waals surface area contributed by atoms with Gasteiger partial charge < -0.3 is 15.7 Å². The molecule has 0 aliphatic rings. The number of hydrogen-bond donors (Lipinski definition) is 3. The van der Waals surface area contributed by atoms with E-state index >= 15 is 0 Å². The van der Waals surface area contributed by atoms with Crippen LogP contribution in [0.2, 0.25) is 0 Å². The maximum Gasteiger partial charge on any atom is 0.319 e. The number of anilines is 1. The molecule has 0 aliphatic heterocycles. The van der Waals surface area contributed by atoms with Gasteiger partial charge >= 0.3 is 6.03 Å². The van der Waals surface area contributed by atoms with E-state index in [9.17, 15) is 9.90 Å². The summed E-state index contributed by atoms with van der Waals surface area (Å²) < 4.78 is 0. The van der Waals surface area contributed by atoms with Gasteiger partial charge in [-0.25, -0.2) is 4.79 Å². The highest BCUT2D eigenvalue weighted by Crippen LogP contribution is 2.14. The number of benzene rings is 1. The Labute approximate surface area is 115 Å². The maximum absolute atomic E-state index is 11.7. The van der Waals surface area contributed by atoms with Gasteiger partial charge in [0, 0.05) is 12.2 Å². The molecule has 0 aromatic heterocycles. The van der Waals surface area contributed by atoms with Crippen LogP contribution in [0.1, 0.15) is 31.4 Å². The number of aliphatic hydroxyl groups excluding tert-OH is 1. The Morgan fingerprint density at radius 2 is 1.95 bits per heavy atom. The van der Waals surface area contributed by atoms with Crippen molar-refractivity contribution in [1.82, 2.24) is 5.32 Å². The first-order valence-electron chi connectivity index (χ1n) is 6.68. The fourth-order valence-corrected chi connectivity index (χ4v) is 1.93. The number of aryl methyl sites for hydroxylation is 2. The summed E-state index contributed by atoms with van der Waals surface area (Å²) in [6.45, 7) is 8.37. The van der Waals surface area contributed by atoms with Crippen molar-refractivity contribution in [3.8, 4) is 0 Å². The molecule has 4 nitrogen and oxygen atoms in total. The zero-order valence-corrected chi connectivity index (χ0v) is 12.2. The Kier molecular flexibility index (Phi) is 5.83. The molecule has 0 bridgehead atoms. The molecule has 106 valence electrons. The molecule has 2 unspecified atom stereocenters. The predicted molar refractivity (Wildman–Crippen MR) is 78.4 cm³/mol. The van der Waals surface area contributed by atoms with Crippen molar-refractivity contribution < 1.29 is 9.90 Å². The summed E-state index contributed by atoms with van der Waals surface area (Å²) >= 11 is 0. The highest BCUT2D eigenvalue weighted by Gasteiger charge is 2.08. The molecule has 0 fully saturated rings. The summed E-state index contributed by atoms with van der Waals surface area (Å²) in [4.78, 5) is 11.7. The Morgan fingerprint density at radius 1 is 1.26 bits per heavy atom. The number of carbonyl (C=O) groups excluding carboxylic acids is 1. The molecular formula is C15H24N2O2. The van der Waals surface area contributed by atoms with Gasteiger partial charge in [0.05, 0.1) is 6.10 Å². The first-order valence-corrected chi connectivity index (χ1v) is 6.68. The van der Waals surface area contributed by atoms with Crippen LogP contribution in [-0.4, -0.2) is 23.8 Å². The van der Waals surface area contributed by atoms with Crippen LogP contribution in [-0.2, 0) is 0 Å². The third kappa shape index (κ3) is 5.75. The lowest BCUT2D eigenvalue weighted by Gasteiger charge is -2.15. The Balaban J connectivity index is 2.40. The monoisotopic (exact) mass is 264 g/mol. The van der Waals surface area contributed by atoms with Crippen molar-refractivity contribution in [3.05, 3.63) is 29.3 Å². The molecule has 0 radical (unpaired) electrons.